The highest BCUT2D eigenvalue weighted by atomic mass is 32.2. The van der Waals surface area contributed by atoms with Crippen LogP contribution >= 0.6 is 11.8 Å². The molecule has 0 unspecified atom stereocenters. The van der Waals surface area contributed by atoms with Crippen molar-refractivity contribution in [3.8, 4) is 0 Å². The monoisotopic (exact) mass is 342 g/mol. The van der Waals surface area contributed by atoms with Gasteiger partial charge in [0.15, 0.2) is 5.79 Å². The van der Waals surface area contributed by atoms with Crippen LogP contribution in [-0.2, 0) is 19.1 Å². The fourth-order valence-electron chi connectivity index (χ4n) is 3.79. The van der Waals surface area contributed by atoms with Gasteiger partial charge >= 0.3 is 0 Å². The Labute approximate surface area is 141 Å². The molecule has 3 aliphatic rings. The van der Waals surface area contributed by atoms with E-state index < -0.39 is 5.79 Å². The van der Waals surface area contributed by atoms with Crippen molar-refractivity contribution in [3.63, 3.8) is 0 Å². The van der Waals surface area contributed by atoms with Crippen molar-refractivity contribution in [1.29, 1.82) is 0 Å². The van der Waals surface area contributed by atoms with Crippen molar-refractivity contribution in [1.82, 2.24) is 10.2 Å². The van der Waals surface area contributed by atoms with Crippen LogP contribution in [-0.4, -0.2) is 58.9 Å². The molecule has 7 heteroatoms. The van der Waals surface area contributed by atoms with Gasteiger partial charge in [0.05, 0.1) is 18.1 Å². The summed E-state index contributed by atoms with van der Waals surface area (Å²) in [5, 5.41) is 3.01. The van der Waals surface area contributed by atoms with E-state index in [4.69, 9.17) is 9.47 Å². The van der Waals surface area contributed by atoms with Gasteiger partial charge < -0.3 is 19.7 Å². The van der Waals surface area contributed by atoms with E-state index in [2.05, 4.69) is 19.2 Å². The Kier molecular flexibility index (Phi) is 4.64. The molecule has 6 nitrogen and oxygen atoms in total. The molecule has 0 aliphatic carbocycles. The summed E-state index contributed by atoms with van der Waals surface area (Å²) in [5.74, 6) is 0.466. The van der Waals surface area contributed by atoms with Gasteiger partial charge in [0.25, 0.3) is 0 Å². The third-order valence-electron chi connectivity index (χ3n) is 4.99. The first kappa shape index (κ1) is 17.0. The third-order valence-corrected chi connectivity index (χ3v) is 6.49. The van der Waals surface area contributed by atoms with Gasteiger partial charge in [0.2, 0.25) is 11.8 Å². The highest BCUT2D eigenvalue weighted by molar-refractivity contribution is 8.01. The van der Waals surface area contributed by atoms with Crippen LogP contribution < -0.4 is 5.32 Å². The number of carbonyl (C=O) groups excluding carboxylic acids is 2. The first-order chi connectivity index (χ1) is 10.8. The van der Waals surface area contributed by atoms with Crippen LogP contribution in [0.2, 0.25) is 0 Å². The van der Waals surface area contributed by atoms with Crippen LogP contribution in [0, 0.1) is 5.92 Å². The first-order valence-electron chi connectivity index (χ1n) is 8.35. The normalized spacial score (nSPS) is 33.8. The molecule has 3 aliphatic heterocycles. The topological polar surface area (TPSA) is 67.9 Å². The molecule has 0 saturated carbocycles. The molecule has 0 aromatic carbocycles. The van der Waals surface area contributed by atoms with Crippen LogP contribution in [0.5, 0.6) is 0 Å². The maximum atomic E-state index is 12.5. The Hall–Kier alpha value is -0.790. The van der Waals surface area contributed by atoms with E-state index in [0.29, 0.717) is 31.9 Å². The van der Waals surface area contributed by atoms with Gasteiger partial charge in [-0.05, 0) is 26.2 Å². The predicted octanol–water partition coefficient (Wildman–Crippen LogP) is 1.35. The second kappa shape index (κ2) is 6.26. The number of hydrogen-bond acceptors (Lipinski definition) is 5. The Balaban J connectivity index is 1.50. The molecule has 3 fully saturated rings. The number of ether oxygens (including phenoxy) is 2. The lowest BCUT2D eigenvalue weighted by atomic mass is 10.0. The number of rotatable bonds is 5. The number of fused-ring (bicyclic) bond motifs is 1. The van der Waals surface area contributed by atoms with E-state index in [0.717, 1.165) is 12.8 Å². The van der Waals surface area contributed by atoms with Crippen molar-refractivity contribution >= 4 is 23.6 Å². The third kappa shape index (κ3) is 3.37. The van der Waals surface area contributed by atoms with Crippen LogP contribution in [0.3, 0.4) is 0 Å². The Morgan fingerprint density at radius 3 is 2.83 bits per heavy atom. The van der Waals surface area contributed by atoms with Crippen molar-refractivity contribution < 1.29 is 19.1 Å². The van der Waals surface area contributed by atoms with Crippen LogP contribution in [0.15, 0.2) is 0 Å². The van der Waals surface area contributed by atoms with Gasteiger partial charge in [-0.15, -0.1) is 11.8 Å². The van der Waals surface area contributed by atoms with Crippen LogP contribution in [0.25, 0.3) is 0 Å². The molecule has 3 rings (SSSR count). The highest BCUT2D eigenvalue weighted by Crippen LogP contribution is 2.47. The lowest BCUT2D eigenvalue weighted by Crippen LogP contribution is -2.50. The molecule has 0 radical (unpaired) electrons. The summed E-state index contributed by atoms with van der Waals surface area (Å²) < 4.78 is 11.2. The molecule has 0 bridgehead atoms. The van der Waals surface area contributed by atoms with E-state index in [1.807, 2.05) is 6.92 Å². The molecule has 2 amide bonds. The van der Waals surface area contributed by atoms with E-state index in [1.165, 1.54) is 0 Å². The molecule has 0 spiro atoms. The highest BCUT2D eigenvalue weighted by Gasteiger charge is 2.52. The smallest absolute Gasteiger partial charge is 0.243 e. The summed E-state index contributed by atoms with van der Waals surface area (Å²) in [6.45, 7) is 7.91. The Morgan fingerprint density at radius 1 is 1.43 bits per heavy atom. The van der Waals surface area contributed by atoms with Gasteiger partial charge in [0, 0.05) is 25.1 Å². The minimum absolute atomic E-state index is 0.0401. The van der Waals surface area contributed by atoms with E-state index in [-0.39, 0.29) is 28.6 Å². The maximum absolute atomic E-state index is 12.5. The number of hydrogen-bond donors (Lipinski definition) is 1. The number of nitrogens with zero attached hydrogens (tertiary/aromatic N) is 1. The molecule has 0 aromatic heterocycles. The second-order valence-corrected chi connectivity index (χ2v) is 8.65. The first-order valence-corrected chi connectivity index (χ1v) is 9.33. The molecular weight excluding hydrogens is 316 g/mol. The van der Waals surface area contributed by atoms with Crippen molar-refractivity contribution in [2.45, 2.75) is 56.7 Å². The van der Waals surface area contributed by atoms with Crippen molar-refractivity contribution in [3.05, 3.63) is 0 Å². The summed E-state index contributed by atoms with van der Waals surface area (Å²) in [6, 6.07) is -0.332. The maximum Gasteiger partial charge on any atom is 0.243 e. The number of carbonyl (C=O) groups is 2. The molecule has 23 heavy (non-hydrogen) atoms. The summed E-state index contributed by atoms with van der Waals surface area (Å²) in [6.07, 6.45) is 2.13. The quantitative estimate of drug-likeness (QED) is 0.817. The SMILES string of the molecule is C[C@H](CNC(=O)[C@H]1CS[C@@]2(C)CCC(=O)N12)CC1(C)OCCO1. The Morgan fingerprint density at radius 2 is 2.13 bits per heavy atom. The zero-order chi connectivity index (χ0) is 16.7. The second-order valence-electron chi connectivity index (χ2n) is 7.15. The van der Waals surface area contributed by atoms with Crippen LogP contribution in [0.4, 0.5) is 0 Å². The zero-order valence-corrected chi connectivity index (χ0v) is 14.9. The summed E-state index contributed by atoms with van der Waals surface area (Å²) in [7, 11) is 0. The number of nitrogens with one attached hydrogen (secondary N) is 1. The van der Waals surface area contributed by atoms with Crippen molar-refractivity contribution in [2.24, 2.45) is 5.92 Å². The fourth-order valence-corrected chi connectivity index (χ4v) is 5.22. The summed E-state index contributed by atoms with van der Waals surface area (Å²) in [4.78, 5) is 26.2. The van der Waals surface area contributed by atoms with Gasteiger partial charge in [0.1, 0.15) is 6.04 Å². The molecule has 130 valence electrons. The lowest BCUT2D eigenvalue weighted by Gasteiger charge is -2.30. The average molecular weight is 342 g/mol. The molecule has 0 aromatic rings. The molecule has 3 heterocycles. The predicted molar refractivity (Wildman–Crippen MR) is 87.8 cm³/mol. The van der Waals surface area contributed by atoms with E-state index in [1.54, 1.807) is 16.7 Å². The molecule has 3 atom stereocenters. The van der Waals surface area contributed by atoms with Crippen molar-refractivity contribution in [2.75, 3.05) is 25.5 Å². The van der Waals surface area contributed by atoms with E-state index in [9.17, 15) is 9.59 Å². The largest absolute Gasteiger partial charge is 0.354 e. The summed E-state index contributed by atoms with van der Waals surface area (Å²) in [5.41, 5.74) is 0. The van der Waals surface area contributed by atoms with Gasteiger partial charge in [-0.2, -0.15) is 0 Å². The Bertz CT molecular complexity index is 494. The van der Waals surface area contributed by atoms with Gasteiger partial charge in [-0.3, -0.25) is 9.59 Å². The van der Waals surface area contributed by atoms with Gasteiger partial charge in [-0.1, -0.05) is 6.92 Å². The minimum atomic E-state index is -0.531. The van der Waals surface area contributed by atoms with Crippen LogP contribution in [0.1, 0.15) is 40.0 Å². The average Bonchev–Trinajstić information content (AvgIpc) is 3.13. The lowest BCUT2D eigenvalue weighted by molar-refractivity contribution is -0.154. The zero-order valence-electron chi connectivity index (χ0n) is 14.1. The molecule has 3 saturated heterocycles. The minimum Gasteiger partial charge on any atom is -0.354 e. The standard InChI is InChI=1S/C16H26N2O4S/c1-11(8-16(3)21-6-7-22-16)9-17-14(20)12-10-23-15(2)5-4-13(19)18(12)15/h11-12H,4-10H2,1-3H3,(H,17,20)/t11-,12+,15-/m0/s1. The fraction of sp³-hybridized carbons (Fsp3) is 0.875. The number of thioether (sulfide) groups is 1. The number of amides is 2. The summed E-state index contributed by atoms with van der Waals surface area (Å²) >= 11 is 1.72. The van der Waals surface area contributed by atoms with E-state index >= 15 is 0 Å². The molecular formula is C16H26N2O4S. The van der Waals surface area contributed by atoms with Gasteiger partial charge in [-0.25, -0.2) is 0 Å². The molecule has 1 N–H and O–H groups in total.